The number of fused-ring (bicyclic) bond motifs is 1. The van der Waals surface area contributed by atoms with Crippen molar-refractivity contribution in [3.8, 4) is 0 Å². The van der Waals surface area contributed by atoms with Crippen molar-refractivity contribution in [1.82, 2.24) is 0 Å². The van der Waals surface area contributed by atoms with Gasteiger partial charge < -0.3 is 5.73 Å². The van der Waals surface area contributed by atoms with Crippen molar-refractivity contribution < 1.29 is 0 Å². The molecule has 0 heterocycles. The summed E-state index contributed by atoms with van der Waals surface area (Å²) in [6, 6.07) is 19.9. The van der Waals surface area contributed by atoms with Gasteiger partial charge in [0.25, 0.3) is 0 Å². The predicted molar refractivity (Wildman–Crippen MR) is 75.6 cm³/mol. The van der Waals surface area contributed by atoms with Crippen LogP contribution in [0.4, 0.5) is 0 Å². The second-order valence-electron chi connectivity index (χ2n) is 5.20. The van der Waals surface area contributed by atoms with Gasteiger partial charge in [-0.25, -0.2) is 0 Å². The molecular weight excluding hydrogens is 218 g/mol. The average molecular weight is 237 g/mol. The topological polar surface area (TPSA) is 26.0 Å². The van der Waals surface area contributed by atoms with E-state index >= 15 is 0 Å². The number of rotatable bonds is 1. The highest BCUT2D eigenvalue weighted by molar-refractivity contribution is 5.39. The summed E-state index contributed by atoms with van der Waals surface area (Å²) in [4.78, 5) is 0. The Hall–Kier alpha value is -1.60. The molecule has 2 aromatic carbocycles. The molecule has 18 heavy (non-hydrogen) atoms. The van der Waals surface area contributed by atoms with Gasteiger partial charge in [0, 0.05) is 12.0 Å². The first-order valence-electron chi connectivity index (χ1n) is 6.73. The Labute approximate surface area is 109 Å². The van der Waals surface area contributed by atoms with Gasteiger partial charge in [-0.2, -0.15) is 0 Å². The molecule has 0 bridgehead atoms. The molecular formula is C17H19N. The number of hydrogen-bond acceptors (Lipinski definition) is 1. The summed E-state index contributed by atoms with van der Waals surface area (Å²) in [7, 11) is 0. The molecule has 0 saturated heterocycles. The van der Waals surface area contributed by atoms with Crippen LogP contribution in [0.25, 0.3) is 0 Å². The second-order valence-corrected chi connectivity index (χ2v) is 5.20. The zero-order valence-electron chi connectivity index (χ0n) is 10.5. The minimum absolute atomic E-state index is 0.308. The molecule has 0 fully saturated rings. The maximum absolute atomic E-state index is 6.24. The molecule has 0 aromatic heterocycles. The van der Waals surface area contributed by atoms with Gasteiger partial charge in [-0.1, -0.05) is 54.6 Å². The van der Waals surface area contributed by atoms with E-state index in [2.05, 4.69) is 54.6 Å². The molecule has 0 radical (unpaired) electrons. The van der Waals surface area contributed by atoms with Gasteiger partial charge in [0.05, 0.1) is 0 Å². The zero-order valence-corrected chi connectivity index (χ0v) is 10.5. The summed E-state index contributed by atoms with van der Waals surface area (Å²) < 4.78 is 0. The molecule has 1 aliphatic carbocycles. The highest BCUT2D eigenvalue weighted by Crippen LogP contribution is 2.34. The Morgan fingerprint density at radius 3 is 2.44 bits per heavy atom. The van der Waals surface area contributed by atoms with Crippen molar-refractivity contribution in [2.75, 3.05) is 0 Å². The Bertz CT molecular complexity index is 518. The van der Waals surface area contributed by atoms with E-state index in [1.54, 1.807) is 0 Å². The van der Waals surface area contributed by atoms with E-state index in [0.717, 1.165) is 19.3 Å². The van der Waals surface area contributed by atoms with E-state index in [0.29, 0.717) is 12.0 Å². The quantitative estimate of drug-likeness (QED) is 0.755. The van der Waals surface area contributed by atoms with Crippen molar-refractivity contribution in [3.05, 3.63) is 71.3 Å². The van der Waals surface area contributed by atoms with Gasteiger partial charge in [-0.05, 0) is 36.0 Å². The Morgan fingerprint density at radius 2 is 1.61 bits per heavy atom. The molecule has 0 aliphatic heterocycles. The smallest absolute Gasteiger partial charge is 0.0107 e. The maximum Gasteiger partial charge on any atom is 0.0107 e. The van der Waals surface area contributed by atoms with Gasteiger partial charge in [0.15, 0.2) is 0 Å². The monoisotopic (exact) mass is 237 g/mol. The molecule has 2 aromatic rings. The van der Waals surface area contributed by atoms with Gasteiger partial charge in [-0.3, -0.25) is 0 Å². The largest absolute Gasteiger partial charge is 0.328 e. The average Bonchev–Trinajstić information content (AvgIpc) is 2.60. The summed E-state index contributed by atoms with van der Waals surface area (Å²) in [5.41, 5.74) is 10.6. The first-order chi connectivity index (χ1) is 8.84. The van der Waals surface area contributed by atoms with Gasteiger partial charge >= 0.3 is 0 Å². The third-order valence-corrected chi connectivity index (χ3v) is 3.96. The normalized spacial score (nSPS) is 23.2. The highest BCUT2D eigenvalue weighted by atomic mass is 14.6. The Balaban J connectivity index is 2.07. The summed E-state index contributed by atoms with van der Waals surface area (Å²) in [6.07, 6.45) is 3.27. The lowest BCUT2D eigenvalue weighted by Crippen LogP contribution is -2.21. The van der Waals surface area contributed by atoms with Crippen LogP contribution in [-0.4, -0.2) is 6.04 Å². The number of benzene rings is 2. The van der Waals surface area contributed by atoms with Crippen molar-refractivity contribution in [2.45, 2.75) is 31.2 Å². The second kappa shape index (κ2) is 4.95. The molecule has 1 nitrogen and oxygen atoms in total. The van der Waals surface area contributed by atoms with Crippen molar-refractivity contribution in [2.24, 2.45) is 5.73 Å². The van der Waals surface area contributed by atoms with Crippen LogP contribution in [0.2, 0.25) is 0 Å². The molecule has 1 heteroatoms. The molecule has 0 unspecified atom stereocenters. The minimum Gasteiger partial charge on any atom is -0.328 e. The summed E-state index contributed by atoms with van der Waals surface area (Å²) in [6.45, 7) is 0. The summed E-state index contributed by atoms with van der Waals surface area (Å²) >= 11 is 0. The predicted octanol–water partition coefficient (Wildman–Crippen LogP) is 3.48. The van der Waals surface area contributed by atoms with E-state index in [1.165, 1.54) is 16.7 Å². The Morgan fingerprint density at radius 1 is 0.889 bits per heavy atom. The van der Waals surface area contributed by atoms with Gasteiger partial charge in [-0.15, -0.1) is 0 Å². The molecule has 2 atom stereocenters. The molecule has 0 amide bonds. The number of aryl methyl sites for hydroxylation is 1. The van der Waals surface area contributed by atoms with Gasteiger partial charge in [0.1, 0.15) is 0 Å². The lowest BCUT2D eigenvalue weighted by molar-refractivity contribution is 0.557. The van der Waals surface area contributed by atoms with Crippen molar-refractivity contribution in [1.29, 1.82) is 0 Å². The Kier molecular flexibility index (Phi) is 3.16. The molecule has 0 spiro atoms. The van der Waals surface area contributed by atoms with Crippen LogP contribution >= 0.6 is 0 Å². The van der Waals surface area contributed by atoms with Crippen LogP contribution in [-0.2, 0) is 6.42 Å². The van der Waals surface area contributed by atoms with E-state index in [9.17, 15) is 0 Å². The number of hydrogen-bond donors (Lipinski definition) is 1. The highest BCUT2D eigenvalue weighted by Gasteiger charge is 2.23. The third-order valence-electron chi connectivity index (χ3n) is 3.96. The van der Waals surface area contributed by atoms with Crippen LogP contribution in [0.5, 0.6) is 0 Å². The van der Waals surface area contributed by atoms with Crippen LogP contribution < -0.4 is 5.73 Å². The minimum atomic E-state index is 0.308. The standard InChI is InChI=1S/C17H19N/c18-15-11-10-14-8-4-5-9-16(14)17(12-15)13-6-2-1-3-7-13/h1-9,15,17H,10-12,18H2/t15-,17-/m1/s1. The van der Waals surface area contributed by atoms with Gasteiger partial charge in [0.2, 0.25) is 0 Å². The zero-order chi connectivity index (χ0) is 12.4. The first kappa shape index (κ1) is 11.5. The molecule has 1 aliphatic rings. The summed E-state index contributed by atoms with van der Waals surface area (Å²) in [5, 5.41) is 0. The fourth-order valence-corrected chi connectivity index (χ4v) is 2.99. The maximum atomic E-state index is 6.24. The van der Waals surface area contributed by atoms with Crippen LogP contribution in [0, 0.1) is 0 Å². The molecule has 2 N–H and O–H groups in total. The SMILES string of the molecule is N[C@@H]1CCc2ccccc2[C@@H](c2ccccc2)C1. The molecule has 0 saturated carbocycles. The summed E-state index contributed by atoms with van der Waals surface area (Å²) in [5.74, 6) is 0.458. The fraction of sp³-hybridized carbons (Fsp3) is 0.294. The molecule has 92 valence electrons. The molecule has 3 rings (SSSR count). The number of nitrogens with two attached hydrogens (primary N) is 1. The van der Waals surface area contributed by atoms with Crippen LogP contribution in [0.1, 0.15) is 35.4 Å². The van der Waals surface area contributed by atoms with E-state index in [-0.39, 0.29) is 0 Å². The third kappa shape index (κ3) is 2.19. The van der Waals surface area contributed by atoms with E-state index in [1.807, 2.05) is 0 Å². The lowest BCUT2D eigenvalue weighted by Gasteiger charge is -2.20. The van der Waals surface area contributed by atoms with E-state index in [4.69, 9.17) is 5.73 Å². The van der Waals surface area contributed by atoms with Crippen molar-refractivity contribution in [3.63, 3.8) is 0 Å². The first-order valence-corrected chi connectivity index (χ1v) is 6.73. The van der Waals surface area contributed by atoms with Crippen LogP contribution in [0.15, 0.2) is 54.6 Å². The fourth-order valence-electron chi connectivity index (χ4n) is 2.99. The van der Waals surface area contributed by atoms with Crippen LogP contribution in [0.3, 0.4) is 0 Å². The van der Waals surface area contributed by atoms with E-state index < -0.39 is 0 Å². The van der Waals surface area contributed by atoms with Crippen molar-refractivity contribution >= 4 is 0 Å². The lowest BCUT2D eigenvalue weighted by atomic mass is 9.86.